The van der Waals surface area contributed by atoms with Gasteiger partial charge in [0, 0.05) is 19.1 Å². The average Bonchev–Trinajstić information content (AvgIpc) is 2.39. The van der Waals surface area contributed by atoms with Crippen LogP contribution in [0.3, 0.4) is 0 Å². The summed E-state index contributed by atoms with van der Waals surface area (Å²) < 4.78 is 38.8. The van der Waals surface area contributed by atoms with Crippen molar-refractivity contribution in [1.82, 2.24) is 10.2 Å². The molecule has 1 saturated heterocycles. The Morgan fingerprint density at radius 2 is 1.63 bits per heavy atom. The number of alkyl halides is 3. The van der Waals surface area contributed by atoms with Crippen molar-refractivity contribution in [1.29, 1.82) is 0 Å². The van der Waals surface area contributed by atoms with E-state index in [1.807, 2.05) is 0 Å². The molecule has 1 heterocycles. The highest BCUT2D eigenvalue weighted by Gasteiger charge is 2.45. The molecule has 2 unspecified atom stereocenters. The summed E-state index contributed by atoms with van der Waals surface area (Å²) in [6.07, 6.45) is 2.33. The van der Waals surface area contributed by atoms with Crippen LogP contribution >= 0.6 is 0 Å². The molecule has 2 nitrogen and oxygen atoms in total. The third kappa shape index (κ3) is 4.63. The lowest BCUT2D eigenvalue weighted by Crippen LogP contribution is -2.47. The summed E-state index contributed by atoms with van der Waals surface area (Å²) >= 11 is 0. The number of hydrogen-bond acceptors (Lipinski definition) is 2. The third-order valence-electron chi connectivity index (χ3n) is 4.47. The number of piperidine rings is 1. The highest BCUT2D eigenvalue weighted by Crippen LogP contribution is 2.37. The van der Waals surface area contributed by atoms with Crippen LogP contribution in [0.25, 0.3) is 0 Å². The molecular formula is C14H25F3N2. The van der Waals surface area contributed by atoms with Crippen LogP contribution in [0.1, 0.15) is 44.9 Å². The summed E-state index contributed by atoms with van der Waals surface area (Å²) in [7, 11) is 0. The monoisotopic (exact) mass is 278 g/mol. The van der Waals surface area contributed by atoms with E-state index < -0.39 is 12.1 Å². The lowest BCUT2D eigenvalue weighted by atomic mass is 9.84. The molecule has 0 amide bonds. The van der Waals surface area contributed by atoms with Crippen LogP contribution in [0.15, 0.2) is 0 Å². The highest BCUT2D eigenvalue weighted by atomic mass is 19.4. The first-order valence-corrected chi connectivity index (χ1v) is 7.60. The molecule has 1 aliphatic carbocycles. The van der Waals surface area contributed by atoms with Crippen LogP contribution in [0.2, 0.25) is 0 Å². The zero-order chi connectivity index (χ0) is 13.7. The maximum absolute atomic E-state index is 12.9. The van der Waals surface area contributed by atoms with Gasteiger partial charge in [0.25, 0.3) is 0 Å². The Labute approximate surface area is 113 Å². The van der Waals surface area contributed by atoms with Crippen molar-refractivity contribution in [2.45, 2.75) is 57.2 Å². The molecule has 1 saturated carbocycles. The molecule has 112 valence electrons. The minimum absolute atomic E-state index is 0.297. The Morgan fingerprint density at radius 3 is 2.32 bits per heavy atom. The van der Waals surface area contributed by atoms with Gasteiger partial charge in [0.2, 0.25) is 0 Å². The highest BCUT2D eigenvalue weighted by molar-refractivity contribution is 4.85. The van der Waals surface area contributed by atoms with Gasteiger partial charge < -0.3 is 10.2 Å². The number of halogens is 3. The van der Waals surface area contributed by atoms with Gasteiger partial charge in [-0.1, -0.05) is 19.3 Å². The van der Waals surface area contributed by atoms with Crippen molar-refractivity contribution in [3.8, 4) is 0 Å². The number of nitrogens with one attached hydrogen (secondary N) is 1. The smallest absolute Gasteiger partial charge is 0.312 e. The summed E-state index contributed by atoms with van der Waals surface area (Å²) in [5.41, 5.74) is 0. The van der Waals surface area contributed by atoms with Crippen molar-refractivity contribution in [3.05, 3.63) is 0 Å². The maximum Gasteiger partial charge on any atom is 0.393 e. The van der Waals surface area contributed by atoms with Gasteiger partial charge in [-0.15, -0.1) is 0 Å². The van der Waals surface area contributed by atoms with Crippen molar-refractivity contribution in [3.63, 3.8) is 0 Å². The Hall–Kier alpha value is -0.290. The van der Waals surface area contributed by atoms with Crippen LogP contribution in [0, 0.1) is 5.92 Å². The molecule has 5 heteroatoms. The molecule has 2 atom stereocenters. The van der Waals surface area contributed by atoms with E-state index in [9.17, 15) is 13.2 Å². The van der Waals surface area contributed by atoms with Crippen molar-refractivity contribution >= 4 is 0 Å². The second kappa shape index (κ2) is 6.93. The topological polar surface area (TPSA) is 15.3 Å². The molecule has 0 radical (unpaired) electrons. The van der Waals surface area contributed by atoms with E-state index >= 15 is 0 Å². The first-order chi connectivity index (χ1) is 9.07. The number of nitrogens with zero attached hydrogens (tertiary/aromatic N) is 1. The normalized spacial score (nSPS) is 30.5. The number of hydrogen-bond donors (Lipinski definition) is 1. The zero-order valence-corrected chi connectivity index (χ0v) is 11.5. The molecule has 0 bridgehead atoms. The van der Waals surface area contributed by atoms with Gasteiger partial charge in [-0.2, -0.15) is 13.2 Å². The lowest BCUT2D eigenvalue weighted by molar-refractivity contribution is -0.188. The zero-order valence-electron chi connectivity index (χ0n) is 11.5. The van der Waals surface area contributed by atoms with E-state index in [0.29, 0.717) is 25.8 Å². The quantitative estimate of drug-likeness (QED) is 0.849. The number of likely N-dealkylation sites (tertiary alicyclic amines) is 1. The fourth-order valence-corrected chi connectivity index (χ4v) is 3.36. The van der Waals surface area contributed by atoms with Gasteiger partial charge in [-0.05, 0) is 38.8 Å². The second-order valence-electron chi connectivity index (χ2n) is 5.90. The van der Waals surface area contributed by atoms with E-state index in [4.69, 9.17) is 0 Å². The largest absolute Gasteiger partial charge is 0.393 e. The van der Waals surface area contributed by atoms with Gasteiger partial charge >= 0.3 is 6.18 Å². The van der Waals surface area contributed by atoms with E-state index in [1.165, 1.54) is 19.3 Å². The van der Waals surface area contributed by atoms with E-state index in [0.717, 1.165) is 26.1 Å². The predicted octanol–water partition coefficient (Wildman–Crippen LogP) is 3.18. The van der Waals surface area contributed by atoms with Gasteiger partial charge in [-0.3, -0.25) is 0 Å². The molecular weight excluding hydrogens is 253 g/mol. The molecule has 0 aromatic heterocycles. The van der Waals surface area contributed by atoms with Crippen LogP contribution in [-0.2, 0) is 0 Å². The molecule has 0 aromatic rings. The van der Waals surface area contributed by atoms with Crippen LogP contribution in [-0.4, -0.2) is 43.3 Å². The van der Waals surface area contributed by atoms with Crippen molar-refractivity contribution in [2.24, 2.45) is 5.92 Å². The van der Waals surface area contributed by atoms with Gasteiger partial charge in [0.1, 0.15) is 0 Å². The van der Waals surface area contributed by atoms with Gasteiger partial charge in [0.15, 0.2) is 0 Å². The minimum Gasteiger partial charge on any atom is -0.312 e. The summed E-state index contributed by atoms with van der Waals surface area (Å²) in [5, 5.41) is 3.16. The van der Waals surface area contributed by atoms with E-state index in [2.05, 4.69) is 10.2 Å². The van der Waals surface area contributed by atoms with Gasteiger partial charge in [-0.25, -0.2) is 0 Å². The van der Waals surface area contributed by atoms with Crippen LogP contribution < -0.4 is 5.32 Å². The Bertz CT molecular complexity index is 262. The Balaban J connectivity index is 1.73. The average molecular weight is 278 g/mol. The molecule has 1 N–H and O–H groups in total. The standard InChI is InChI=1S/C14H25F3N2/c15-14(16,17)12-6-2-3-7-13(12)18-8-11-19-9-4-1-5-10-19/h12-13,18H,1-11H2. The first kappa shape index (κ1) is 15.1. The van der Waals surface area contributed by atoms with E-state index in [-0.39, 0.29) is 6.04 Å². The Kier molecular flexibility index (Phi) is 5.51. The summed E-state index contributed by atoms with van der Waals surface area (Å²) in [6.45, 7) is 3.79. The van der Waals surface area contributed by atoms with Crippen molar-refractivity contribution in [2.75, 3.05) is 26.2 Å². The predicted molar refractivity (Wildman–Crippen MR) is 70.1 cm³/mol. The van der Waals surface area contributed by atoms with Gasteiger partial charge in [0.05, 0.1) is 5.92 Å². The first-order valence-electron chi connectivity index (χ1n) is 7.60. The Morgan fingerprint density at radius 1 is 0.947 bits per heavy atom. The minimum atomic E-state index is -4.04. The summed E-state index contributed by atoms with van der Waals surface area (Å²) in [6, 6.07) is -0.362. The maximum atomic E-state index is 12.9. The molecule has 0 spiro atoms. The molecule has 2 rings (SSSR count). The molecule has 2 fully saturated rings. The third-order valence-corrected chi connectivity index (χ3v) is 4.47. The van der Waals surface area contributed by atoms with Crippen molar-refractivity contribution < 1.29 is 13.2 Å². The molecule has 19 heavy (non-hydrogen) atoms. The lowest BCUT2D eigenvalue weighted by Gasteiger charge is -2.34. The summed E-state index contributed by atoms with van der Waals surface area (Å²) in [4.78, 5) is 2.36. The van der Waals surface area contributed by atoms with E-state index in [1.54, 1.807) is 0 Å². The molecule has 0 aromatic carbocycles. The SMILES string of the molecule is FC(F)(F)C1CCCCC1NCCN1CCCCC1. The fraction of sp³-hybridized carbons (Fsp3) is 1.00. The molecule has 2 aliphatic rings. The van der Waals surface area contributed by atoms with Crippen LogP contribution in [0.4, 0.5) is 13.2 Å². The second-order valence-corrected chi connectivity index (χ2v) is 5.90. The van der Waals surface area contributed by atoms with Crippen LogP contribution in [0.5, 0.6) is 0 Å². The fourth-order valence-electron chi connectivity index (χ4n) is 3.36. The number of rotatable bonds is 4. The summed E-state index contributed by atoms with van der Waals surface area (Å²) in [5.74, 6) is -1.14. The molecule has 1 aliphatic heterocycles.